The normalized spacial score (nSPS) is 10.5. The van der Waals surface area contributed by atoms with Crippen molar-refractivity contribution in [1.82, 2.24) is 0 Å². The lowest BCUT2D eigenvalue weighted by molar-refractivity contribution is -0.118. The van der Waals surface area contributed by atoms with E-state index in [0.29, 0.717) is 11.4 Å². The van der Waals surface area contributed by atoms with Crippen molar-refractivity contribution in [2.75, 3.05) is 4.90 Å². The minimum atomic E-state index is 0.132. The molecule has 1 amide bonds. The van der Waals surface area contributed by atoms with Crippen molar-refractivity contribution in [3.63, 3.8) is 0 Å². The Morgan fingerprint density at radius 2 is 1.87 bits per heavy atom. The van der Waals surface area contributed by atoms with E-state index < -0.39 is 0 Å². The summed E-state index contributed by atoms with van der Waals surface area (Å²) >= 11 is 5.81. The van der Waals surface area contributed by atoms with Crippen LogP contribution >= 0.6 is 11.6 Å². The summed E-state index contributed by atoms with van der Waals surface area (Å²) in [5.74, 6) is 0.132. The quantitative estimate of drug-likeness (QED) is 0.771. The van der Waals surface area contributed by atoms with Crippen LogP contribution in [0.5, 0.6) is 0 Å². The van der Waals surface area contributed by atoms with Crippen LogP contribution in [-0.2, 0) is 4.79 Å². The second-order valence-electron chi connectivity index (χ2n) is 3.69. The average molecular weight is 226 g/mol. The van der Waals surface area contributed by atoms with Crippen LogP contribution in [0.2, 0.25) is 5.02 Å². The highest BCUT2D eigenvalue weighted by molar-refractivity contribution is 6.30. The number of halogens is 1. The molecule has 2 nitrogen and oxygen atoms in total. The van der Waals surface area contributed by atoms with Gasteiger partial charge in [0.1, 0.15) is 0 Å². The number of carbonyl (C=O) groups excluding carboxylic acids is 1. The van der Waals surface area contributed by atoms with Gasteiger partial charge in [-0.25, -0.2) is 0 Å². The van der Waals surface area contributed by atoms with E-state index in [1.165, 1.54) is 0 Å². The number of benzene rings is 1. The molecule has 1 rings (SSSR count). The Bertz CT molecular complexity index is 332. The van der Waals surface area contributed by atoms with Gasteiger partial charge >= 0.3 is 0 Å². The summed E-state index contributed by atoms with van der Waals surface area (Å²) in [7, 11) is 0. The SMILES string of the molecule is CCC(=O)N(c1ccc(Cl)cc1)C(C)C. The lowest BCUT2D eigenvalue weighted by Gasteiger charge is -2.26. The molecule has 0 aliphatic carbocycles. The van der Waals surface area contributed by atoms with Crippen LogP contribution in [0, 0.1) is 0 Å². The van der Waals surface area contributed by atoms with Gasteiger partial charge in [-0.2, -0.15) is 0 Å². The van der Waals surface area contributed by atoms with E-state index in [1.807, 2.05) is 32.9 Å². The van der Waals surface area contributed by atoms with E-state index >= 15 is 0 Å². The molecule has 0 N–H and O–H groups in total. The maximum absolute atomic E-state index is 11.7. The molecule has 0 aromatic heterocycles. The van der Waals surface area contributed by atoms with E-state index in [2.05, 4.69) is 0 Å². The summed E-state index contributed by atoms with van der Waals surface area (Å²) in [6, 6.07) is 7.51. The summed E-state index contributed by atoms with van der Waals surface area (Å²) in [5, 5.41) is 0.686. The summed E-state index contributed by atoms with van der Waals surface area (Å²) in [5.41, 5.74) is 0.904. The fourth-order valence-corrected chi connectivity index (χ4v) is 1.63. The van der Waals surface area contributed by atoms with Gasteiger partial charge in [-0.05, 0) is 38.1 Å². The van der Waals surface area contributed by atoms with Gasteiger partial charge in [-0.3, -0.25) is 4.79 Å². The van der Waals surface area contributed by atoms with Gasteiger partial charge in [0.25, 0.3) is 0 Å². The molecule has 82 valence electrons. The van der Waals surface area contributed by atoms with Gasteiger partial charge in [-0.15, -0.1) is 0 Å². The highest BCUT2D eigenvalue weighted by atomic mass is 35.5. The largest absolute Gasteiger partial charge is 0.310 e. The van der Waals surface area contributed by atoms with Gasteiger partial charge in [0.2, 0.25) is 5.91 Å². The molecule has 0 heterocycles. The minimum absolute atomic E-state index is 0.132. The molecule has 1 aromatic carbocycles. The molecule has 1 aromatic rings. The second kappa shape index (κ2) is 5.17. The number of anilines is 1. The molecule has 0 saturated heterocycles. The van der Waals surface area contributed by atoms with Gasteiger partial charge in [0.15, 0.2) is 0 Å². The van der Waals surface area contributed by atoms with Gasteiger partial charge < -0.3 is 4.90 Å². The van der Waals surface area contributed by atoms with Crippen molar-refractivity contribution in [3.05, 3.63) is 29.3 Å². The zero-order chi connectivity index (χ0) is 11.4. The number of hydrogen-bond acceptors (Lipinski definition) is 1. The number of nitrogens with zero attached hydrogens (tertiary/aromatic N) is 1. The van der Waals surface area contributed by atoms with Crippen molar-refractivity contribution in [2.45, 2.75) is 33.2 Å². The third-order valence-corrected chi connectivity index (χ3v) is 2.44. The van der Waals surface area contributed by atoms with Crippen LogP contribution in [-0.4, -0.2) is 11.9 Å². The zero-order valence-corrected chi connectivity index (χ0v) is 10.1. The van der Waals surface area contributed by atoms with Crippen LogP contribution in [0.3, 0.4) is 0 Å². The maximum Gasteiger partial charge on any atom is 0.226 e. The van der Waals surface area contributed by atoms with Crippen LogP contribution < -0.4 is 4.90 Å². The first kappa shape index (κ1) is 12.1. The number of hydrogen-bond donors (Lipinski definition) is 0. The van der Waals surface area contributed by atoms with Gasteiger partial charge in [0.05, 0.1) is 0 Å². The molecular formula is C12H16ClNO. The predicted octanol–water partition coefficient (Wildman–Crippen LogP) is 3.49. The highest BCUT2D eigenvalue weighted by Crippen LogP contribution is 2.20. The first-order chi connectivity index (χ1) is 7.06. The number of carbonyl (C=O) groups is 1. The van der Waals surface area contributed by atoms with Crippen LogP contribution in [0.1, 0.15) is 27.2 Å². The maximum atomic E-state index is 11.7. The smallest absolute Gasteiger partial charge is 0.226 e. The van der Waals surface area contributed by atoms with Crippen molar-refractivity contribution in [1.29, 1.82) is 0 Å². The average Bonchev–Trinajstić information content (AvgIpc) is 2.20. The molecule has 0 spiro atoms. The summed E-state index contributed by atoms with van der Waals surface area (Å²) in [4.78, 5) is 13.5. The Balaban J connectivity index is 2.99. The van der Waals surface area contributed by atoms with E-state index in [0.717, 1.165) is 5.69 Å². The van der Waals surface area contributed by atoms with Crippen LogP contribution in [0.4, 0.5) is 5.69 Å². The Morgan fingerprint density at radius 3 is 2.27 bits per heavy atom. The summed E-state index contributed by atoms with van der Waals surface area (Å²) < 4.78 is 0. The van der Waals surface area contributed by atoms with Gasteiger partial charge in [-0.1, -0.05) is 18.5 Å². The molecule has 15 heavy (non-hydrogen) atoms. The first-order valence-electron chi connectivity index (χ1n) is 5.14. The molecule has 0 fully saturated rings. The third kappa shape index (κ3) is 2.96. The van der Waals surface area contributed by atoms with Crippen molar-refractivity contribution < 1.29 is 4.79 Å². The Labute approximate surface area is 95.8 Å². The fourth-order valence-electron chi connectivity index (χ4n) is 1.50. The Hall–Kier alpha value is -1.02. The lowest BCUT2D eigenvalue weighted by atomic mass is 10.2. The summed E-state index contributed by atoms with van der Waals surface area (Å²) in [6.45, 7) is 5.87. The predicted molar refractivity (Wildman–Crippen MR) is 64.4 cm³/mol. The van der Waals surface area contributed by atoms with Crippen molar-refractivity contribution in [3.8, 4) is 0 Å². The Kier molecular flexibility index (Phi) is 4.15. The molecule has 0 unspecified atom stereocenters. The van der Waals surface area contributed by atoms with Crippen LogP contribution in [0.25, 0.3) is 0 Å². The summed E-state index contributed by atoms with van der Waals surface area (Å²) in [6.07, 6.45) is 0.515. The van der Waals surface area contributed by atoms with Crippen molar-refractivity contribution in [2.24, 2.45) is 0 Å². The molecule has 0 bridgehead atoms. The minimum Gasteiger partial charge on any atom is -0.310 e. The topological polar surface area (TPSA) is 20.3 Å². The molecule has 0 aliphatic heterocycles. The molecule has 0 atom stereocenters. The zero-order valence-electron chi connectivity index (χ0n) is 9.33. The van der Waals surface area contributed by atoms with E-state index in [1.54, 1.807) is 17.0 Å². The monoisotopic (exact) mass is 225 g/mol. The molecule has 0 saturated carbocycles. The fraction of sp³-hybridized carbons (Fsp3) is 0.417. The molecule has 0 radical (unpaired) electrons. The van der Waals surface area contributed by atoms with Gasteiger partial charge in [0, 0.05) is 23.2 Å². The van der Waals surface area contributed by atoms with E-state index in [9.17, 15) is 4.79 Å². The standard InChI is InChI=1S/C12H16ClNO/c1-4-12(15)14(9(2)3)11-7-5-10(13)6-8-11/h5-9H,4H2,1-3H3. The Morgan fingerprint density at radius 1 is 1.33 bits per heavy atom. The second-order valence-corrected chi connectivity index (χ2v) is 4.12. The molecule has 3 heteroatoms. The third-order valence-electron chi connectivity index (χ3n) is 2.19. The van der Waals surface area contributed by atoms with Crippen molar-refractivity contribution >= 4 is 23.2 Å². The highest BCUT2D eigenvalue weighted by Gasteiger charge is 2.16. The van der Waals surface area contributed by atoms with E-state index in [-0.39, 0.29) is 11.9 Å². The van der Waals surface area contributed by atoms with E-state index in [4.69, 9.17) is 11.6 Å². The number of amides is 1. The first-order valence-corrected chi connectivity index (χ1v) is 5.51. The lowest BCUT2D eigenvalue weighted by Crippen LogP contribution is -2.36. The number of rotatable bonds is 3. The molecule has 0 aliphatic rings. The van der Waals surface area contributed by atoms with Crippen LogP contribution in [0.15, 0.2) is 24.3 Å². The molecular weight excluding hydrogens is 210 g/mol.